The maximum absolute atomic E-state index is 12.8. The summed E-state index contributed by atoms with van der Waals surface area (Å²) in [5, 5.41) is 3.61. The number of nitrogens with one attached hydrogen (secondary N) is 2. The fourth-order valence-corrected chi connectivity index (χ4v) is 6.94. The Kier molecular flexibility index (Phi) is 4.84. The molecule has 9 heteroatoms. The number of H-pyrrole nitrogens is 1. The van der Waals surface area contributed by atoms with Crippen molar-refractivity contribution in [1.82, 2.24) is 19.6 Å². The minimum Gasteiger partial charge on any atom is -0.381 e. The van der Waals surface area contributed by atoms with Gasteiger partial charge in [0.2, 0.25) is 10.0 Å². The summed E-state index contributed by atoms with van der Waals surface area (Å²) in [5.74, 6) is 1.29. The molecular weight excluding hydrogens is 392 g/mol. The fraction of sp³-hybridized carbons (Fsp3) is 0.600. The molecule has 2 N–H and O–H groups in total. The molecule has 1 saturated carbocycles. The third-order valence-corrected chi connectivity index (χ3v) is 9.05. The number of piperidine rings is 1. The molecule has 0 spiro atoms. The predicted octanol–water partition coefficient (Wildman–Crippen LogP) is 1.37. The first kappa shape index (κ1) is 19.0. The SMILES string of the molecule is O=C(NCCC1[C@H]2CN(S(=O)(=O)C3CCOCC3)C[C@@H]12)c1cc2cnccc2[nH]1. The van der Waals surface area contributed by atoms with Crippen LogP contribution < -0.4 is 5.32 Å². The molecule has 0 radical (unpaired) electrons. The second-order valence-electron chi connectivity index (χ2n) is 8.36. The van der Waals surface area contributed by atoms with E-state index in [0.29, 0.717) is 69.1 Å². The second-order valence-corrected chi connectivity index (χ2v) is 10.6. The number of amides is 1. The van der Waals surface area contributed by atoms with E-state index in [2.05, 4.69) is 15.3 Å². The van der Waals surface area contributed by atoms with Gasteiger partial charge in [-0.05, 0) is 49.1 Å². The molecule has 3 atom stereocenters. The van der Waals surface area contributed by atoms with Crippen LogP contribution in [0.1, 0.15) is 29.8 Å². The maximum atomic E-state index is 12.8. The van der Waals surface area contributed by atoms with Gasteiger partial charge in [-0.2, -0.15) is 0 Å². The topological polar surface area (TPSA) is 104 Å². The molecule has 4 heterocycles. The largest absolute Gasteiger partial charge is 0.381 e. The molecule has 0 aromatic carbocycles. The number of carbonyl (C=O) groups excluding carboxylic acids is 1. The number of rotatable bonds is 6. The normalized spacial score (nSPS) is 27.8. The molecule has 5 rings (SSSR count). The first-order valence-corrected chi connectivity index (χ1v) is 11.8. The van der Waals surface area contributed by atoms with Crippen molar-refractivity contribution in [1.29, 1.82) is 0 Å². The number of fused-ring (bicyclic) bond motifs is 2. The zero-order valence-corrected chi connectivity index (χ0v) is 17.0. The lowest BCUT2D eigenvalue weighted by atomic mass is 10.2. The zero-order chi connectivity index (χ0) is 20.0. The number of hydrogen-bond donors (Lipinski definition) is 2. The van der Waals surface area contributed by atoms with E-state index in [1.807, 2.05) is 12.1 Å². The Morgan fingerprint density at radius 2 is 2.03 bits per heavy atom. The zero-order valence-electron chi connectivity index (χ0n) is 16.2. The average Bonchev–Trinajstić information content (AvgIpc) is 3.11. The van der Waals surface area contributed by atoms with Crippen LogP contribution in [0, 0.1) is 17.8 Å². The van der Waals surface area contributed by atoms with Gasteiger partial charge in [0, 0.05) is 56.1 Å². The summed E-state index contributed by atoms with van der Waals surface area (Å²) < 4.78 is 32.6. The van der Waals surface area contributed by atoms with Crippen molar-refractivity contribution in [3.05, 3.63) is 30.2 Å². The highest BCUT2D eigenvalue weighted by atomic mass is 32.2. The summed E-state index contributed by atoms with van der Waals surface area (Å²) in [5.41, 5.74) is 1.44. The number of aromatic nitrogens is 2. The molecule has 1 amide bonds. The van der Waals surface area contributed by atoms with E-state index in [4.69, 9.17) is 4.74 Å². The summed E-state index contributed by atoms with van der Waals surface area (Å²) in [4.78, 5) is 19.5. The molecule has 1 aliphatic carbocycles. The van der Waals surface area contributed by atoms with Crippen LogP contribution in [0.2, 0.25) is 0 Å². The van der Waals surface area contributed by atoms with Gasteiger partial charge in [0.25, 0.3) is 5.91 Å². The molecule has 3 fully saturated rings. The minimum atomic E-state index is -3.20. The summed E-state index contributed by atoms with van der Waals surface area (Å²) in [6, 6.07) is 3.65. The van der Waals surface area contributed by atoms with Crippen LogP contribution in [0.5, 0.6) is 0 Å². The number of sulfonamides is 1. The number of nitrogens with zero attached hydrogens (tertiary/aromatic N) is 2. The number of aromatic amines is 1. The smallest absolute Gasteiger partial charge is 0.267 e. The lowest BCUT2D eigenvalue weighted by Gasteiger charge is -2.28. The van der Waals surface area contributed by atoms with Crippen LogP contribution in [-0.4, -0.2) is 66.7 Å². The van der Waals surface area contributed by atoms with Crippen molar-refractivity contribution in [3.63, 3.8) is 0 Å². The lowest BCUT2D eigenvalue weighted by molar-refractivity contribution is 0.0947. The molecule has 156 valence electrons. The van der Waals surface area contributed by atoms with Crippen LogP contribution in [0.15, 0.2) is 24.5 Å². The summed E-state index contributed by atoms with van der Waals surface area (Å²) >= 11 is 0. The van der Waals surface area contributed by atoms with Crippen LogP contribution in [0.25, 0.3) is 10.9 Å². The Labute approximate surface area is 170 Å². The van der Waals surface area contributed by atoms with E-state index in [-0.39, 0.29) is 11.2 Å². The van der Waals surface area contributed by atoms with Crippen molar-refractivity contribution in [2.24, 2.45) is 17.8 Å². The van der Waals surface area contributed by atoms with E-state index in [1.165, 1.54) is 0 Å². The molecule has 3 aliphatic rings. The van der Waals surface area contributed by atoms with Crippen LogP contribution in [-0.2, 0) is 14.8 Å². The molecule has 29 heavy (non-hydrogen) atoms. The molecule has 8 nitrogen and oxygen atoms in total. The first-order valence-electron chi connectivity index (χ1n) is 10.3. The minimum absolute atomic E-state index is 0.115. The lowest BCUT2D eigenvalue weighted by Crippen LogP contribution is -2.41. The van der Waals surface area contributed by atoms with Gasteiger partial charge in [0.15, 0.2) is 0 Å². The van der Waals surface area contributed by atoms with Gasteiger partial charge in [0.1, 0.15) is 5.69 Å². The van der Waals surface area contributed by atoms with Gasteiger partial charge >= 0.3 is 0 Å². The van der Waals surface area contributed by atoms with Gasteiger partial charge in [-0.15, -0.1) is 0 Å². The quantitative estimate of drug-likeness (QED) is 0.737. The molecule has 2 aliphatic heterocycles. The summed E-state index contributed by atoms with van der Waals surface area (Å²) in [6.45, 7) is 2.96. The van der Waals surface area contributed by atoms with E-state index in [9.17, 15) is 13.2 Å². The van der Waals surface area contributed by atoms with E-state index < -0.39 is 10.0 Å². The van der Waals surface area contributed by atoms with Gasteiger partial charge in [0.05, 0.1) is 5.25 Å². The van der Waals surface area contributed by atoms with Gasteiger partial charge in [-0.3, -0.25) is 9.78 Å². The van der Waals surface area contributed by atoms with Crippen LogP contribution in [0.3, 0.4) is 0 Å². The summed E-state index contributed by atoms with van der Waals surface area (Å²) in [6.07, 6.45) is 5.53. The highest BCUT2D eigenvalue weighted by molar-refractivity contribution is 7.89. The number of pyridine rings is 1. The summed E-state index contributed by atoms with van der Waals surface area (Å²) in [7, 11) is -3.20. The third kappa shape index (κ3) is 3.55. The van der Waals surface area contributed by atoms with Crippen molar-refractivity contribution in [2.75, 3.05) is 32.8 Å². The number of carbonyl (C=O) groups is 1. The first-order chi connectivity index (χ1) is 14.0. The molecule has 2 saturated heterocycles. The molecule has 0 bridgehead atoms. The maximum Gasteiger partial charge on any atom is 0.267 e. The van der Waals surface area contributed by atoms with Gasteiger partial charge in [-0.1, -0.05) is 0 Å². The van der Waals surface area contributed by atoms with Crippen molar-refractivity contribution in [3.8, 4) is 0 Å². The molecule has 2 aromatic heterocycles. The molecular formula is C20H26N4O4S. The molecule has 2 aromatic rings. The van der Waals surface area contributed by atoms with E-state index in [0.717, 1.165) is 17.3 Å². The monoisotopic (exact) mass is 418 g/mol. The Balaban J connectivity index is 1.09. The average molecular weight is 419 g/mol. The second kappa shape index (κ2) is 7.37. The highest BCUT2D eigenvalue weighted by Gasteiger charge is 2.57. The van der Waals surface area contributed by atoms with E-state index in [1.54, 1.807) is 16.7 Å². The highest BCUT2D eigenvalue weighted by Crippen LogP contribution is 2.54. The van der Waals surface area contributed by atoms with E-state index >= 15 is 0 Å². The number of ether oxygens (including phenoxy) is 1. The molecule has 1 unspecified atom stereocenters. The van der Waals surface area contributed by atoms with Gasteiger partial charge in [-0.25, -0.2) is 12.7 Å². The van der Waals surface area contributed by atoms with Crippen LogP contribution in [0.4, 0.5) is 0 Å². The fourth-order valence-electron chi connectivity index (χ4n) is 4.97. The van der Waals surface area contributed by atoms with Crippen molar-refractivity contribution in [2.45, 2.75) is 24.5 Å². The Hall–Kier alpha value is -1.97. The van der Waals surface area contributed by atoms with Crippen molar-refractivity contribution >= 4 is 26.8 Å². The standard InChI is InChI=1S/C20H26N4O4S/c25-20(19-9-13-10-21-5-2-18(13)23-19)22-6-1-15-16-11-24(12-17(15)16)29(26,27)14-3-7-28-8-4-14/h2,5,9-10,14-17,23H,1,3-4,6-8,11-12H2,(H,22,25)/t15?,16-,17+. The Morgan fingerprint density at radius 3 is 2.76 bits per heavy atom. The van der Waals surface area contributed by atoms with Crippen molar-refractivity contribution < 1.29 is 17.9 Å². The van der Waals surface area contributed by atoms with Crippen LogP contribution >= 0.6 is 0 Å². The third-order valence-electron chi connectivity index (χ3n) is 6.72. The predicted molar refractivity (Wildman–Crippen MR) is 108 cm³/mol. The Morgan fingerprint density at radius 1 is 1.28 bits per heavy atom. The van der Waals surface area contributed by atoms with Gasteiger partial charge < -0.3 is 15.0 Å². The number of hydrogen-bond acceptors (Lipinski definition) is 5. The Bertz CT molecular complexity index is 969.